The Morgan fingerprint density at radius 2 is 1.75 bits per heavy atom. The molecule has 8 nitrogen and oxygen atoms in total. The third kappa shape index (κ3) is 6.48. The lowest BCUT2D eigenvalue weighted by Gasteiger charge is -2.41. The molecular weight excluding hydrogens is 476 g/mol. The first-order valence-electron chi connectivity index (χ1n) is 12.0. The van der Waals surface area contributed by atoms with Gasteiger partial charge in [0.1, 0.15) is 5.75 Å². The van der Waals surface area contributed by atoms with Crippen LogP contribution in [0.15, 0.2) is 79.1 Å². The zero-order chi connectivity index (χ0) is 25.4. The van der Waals surface area contributed by atoms with Crippen molar-refractivity contribution in [2.75, 3.05) is 13.7 Å². The first kappa shape index (κ1) is 25.8. The first-order valence-corrected chi connectivity index (χ1v) is 13.5. The Morgan fingerprint density at radius 3 is 2.44 bits per heavy atom. The second-order valence-electron chi connectivity index (χ2n) is 9.11. The Kier molecular flexibility index (Phi) is 8.35. The third-order valence-electron chi connectivity index (χ3n) is 6.78. The normalized spacial score (nSPS) is 20.0. The van der Waals surface area contributed by atoms with Crippen LogP contribution in [-0.4, -0.2) is 39.0 Å². The van der Waals surface area contributed by atoms with Crippen molar-refractivity contribution in [3.8, 4) is 5.75 Å². The number of amides is 1. The van der Waals surface area contributed by atoms with Crippen LogP contribution in [0, 0.1) is 0 Å². The standard InChI is InChI=1S/C27H32N4O4S/c1-35-25-12-6-5-11-24(25)26(32)29-20-27(22-9-3-2-4-10-22)15-13-23(14-16-27)31-36(33,34)30-19-21-8-7-17-28-18-21/h2-12,17-18,23,30-31H,13-16,19-20H2,1H3,(H,29,32). The zero-order valence-electron chi connectivity index (χ0n) is 20.3. The molecule has 3 N–H and O–H groups in total. The molecule has 0 saturated heterocycles. The Morgan fingerprint density at radius 1 is 1.03 bits per heavy atom. The SMILES string of the molecule is COc1ccccc1C(=O)NCC1(c2ccccc2)CCC(NS(=O)(=O)NCc2cccnc2)CC1. The smallest absolute Gasteiger partial charge is 0.277 e. The summed E-state index contributed by atoms with van der Waals surface area (Å²) in [5.41, 5.74) is 2.13. The molecule has 1 aliphatic rings. The van der Waals surface area contributed by atoms with Crippen LogP contribution in [0.5, 0.6) is 5.75 Å². The molecule has 1 saturated carbocycles. The molecule has 0 aliphatic heterocycles. The molecule has 36 heavy (non-hydrogen) atoms. The second kappa shape index (κ2) is 11.6. The van der Waals surface area contributed by atoms with Crippen molar-refractivity contribution in [2.45, 2.75) is 43.7 Å². The summed E-state index contributed by atoms with van der Waals surface area (Å²) >= 11 is 0. The van der Waals surface area contributed by atoms with Gasteiger partial charge in [-0.3, -0.25) is 9.78 Å². The lowest BCUT2D eigenvalue weighted by molar-refractivity contribution is 0.0932. The molecule has 9 heteroatoms. The van der Waals surface area contributed by atoms with E-state index in [-0.39, 0.29) is 23.9 Å². The highest BCUT2D eigenvalue weighted by atomic mass is 32.2. The molecule has 1 heterocycles. The van der Waals surface area contributed by atoms with Crippen LogP contribution in [0.25, 0.3) is 0 Å². The number of pyridine rings is 1. The summed E-state index contributed by atoms with van der Waals surface area (Å²) in [6, 6.07) is 20.7. The van der Waals surface area contributed by atoms with E-state index in [0.717, 1.165) is 24.0 Å². The topological polar surface area (TPSA) is 109 Å². The number of aromatic nitrogens is 1. The van der Waals surface area contributed by atoms with Gasteiger partial charge in [0.25, 0.3) is 16.1 Å². The Labute approximate surface area is 212 Å². The molecule has 190 valence electrons. The van der Waals surface area contributed by atoms with E-state index in [1.807, 2.05) is 36.4 Å². The molecule has 0 unspecified atom stereocenters. The summed E-state index contributed by atoms with van der Waals surface area (Å²) in [7, 11) is -2.12. The van der Waals surface area contributed by atoms with Crippen molar-refractivity contribution in [3.63, 3.8) is 0 Å². The fraction of sp³-hybridized carbons (Fsp3) is 0.333. The number of carbonyl (C=O) groups excluding carboxylic acids is 1. The van der Waals surface area contributed by atoms with Gasteiger partial charge in [0.2, 0.25) is 0 Å². The minimum Gasteiger partial charge on any atom is -0.496 e. The van der Waals surface area contributed by atoms with E-state index < -0.39 is 10.2 Å². The number of hydrogen-bond acceptors (Lipinski definition) is 5. The quantitative estimate of drug-likeness (QED) is 0.389. The van der Waals surface area contributed by atoms with E-state index in [0.29, 0.717) is 30.7 Å². The molecule has 3 aromatic rings. The number of ether oxygens (including phenoxy) is 1. The molecule has 0 radical (unpaired) electrons. The minimum atomic E-state index is -3.66. The maximum absolute atomic E-state index is 13.0. The Balaban J connectivity index is 1.41. The molecule has 0 atom stereocenters. The summed E-state index contributed by atoms with van der Waals surface area (Å²) in [5.74, 6) is 0.339. The number of methoxy groups -OCH3 is 1. The molecule has 4 rings (SSSR count). The number of rotatable bonds is 10. The van der Waals surface area contributed by atoms with Crippen molar-refractivity contribution < 1.29 is 17.9 Å². The highest BCUT2D eigenvalue weighted by molar-refractivity contribution is 7.87. The largest absolute Gasteiger partial charge is 0.496 e. The number of para-hydroxylation sites is 1. The van der Waals surface area contributed by atoms with Crippen LogP contribution in [0.3, 0.4) is 0 Å². The summed E-state index contributed by atoms with van der Waals surface area (Å²) in [4.78, 5) is 17.0. The van der Waals surface area contributed by atoms with Crippen LogP contribution in [0.1, 0.15) is 47.2 Å². The van der Waals surface area contributed by atoms with Gasteiger partial charge in [0.15, 0.2) is 0 Å². The summed E-state index contributed by atoms with van der Waals surface area (Å²) in [6.07, 6.45) is 6.07. The molecular formula is C27H32N4O4S. The van der Waals surface area contributed by atoms with Crippen molar-refractivity contribution in [2.24, 2.45) is 0 Å². The highest BCUT2D eigenvalue weighted by Gasteiger charge is 2.38. The molecule has 0 bridgehead atoms. The van der Waals surface area contributed by atoms with E-state index in [4.69, 9.17) is 4.74 Å². The van der Waals surface area contributed by atoms with Gasteiger partial charge >= 0.3 is 0 Å². The molecule has 1 aliphatic carbocycles. The molecule has 1 amide bonds. The van der Waals surface area contributed by atoms with Crippen LogP contribution >= 0.6 is 0 Å². The second-order valence-corrected chi connectivity index (χ2v) is 10.6. The van der Waals surface area contributed by atoms with E-state index in [9.17, 15) is 13.2 Å². The van der Waals surface area contributed by atoms with Gasteiger partial charge in [-0.2, -0.15) is 17.9 Å². The average Bonchev–Trinajstić information content (AvgIpc) is 2.92. The van der Waals surface area contributed by atoms with Gasteiger partial charge in [0.05, 0.1) is 12.7 Å². The number of benzene rings is 2. The number of carbonyl (C=O) groups is 1. The fourth-order valence-corrected chi connectivity index (χ4v) is 5.88. The van der Waals surface area contributed by atoms with Gasteiger partial charge in [-0.25, -0.2) is 0 Å². The maximum Gasteiger partial charge on any atom is 0.277 e. The predicted octanol–water partition coefficient (Wildman–Crippen LogP) is 3.32. The summed E-state index contributed by atoms with van der Waals surface area (Å²) in [6.45, 7) is 0.630. The van der Waals surface area contributed by atoms with Crippen LogP contribution in [0.2, 0.25) is 0 Å². The molecule has 2 aromatic carbocycles. The Bertz CT molecular complexity index is 1250. The monoisotopic (exact) mass is 508 g/mol. The number of hydrogen-bond donors (Lipinski definition) is 3. The first-order chi connectivity index (χ1) is 17.4. The lowest BCUT2D eigenvalue weighted by atomic mass is 9.68. The summed E-state index contributed by atoms with van der Waals surface area (Å²) < 4.78 is 36.0. The zero-order valence-corrected chi connectivity index (χ0v) is 21.1. The van der Waals surface area contributed by atoms with Gasteiger partial charge in [-0.1, -0.05) is 48.5 Å². The third-order valence-corrected chi connectivity index (χ3v) is 7.95. The van der Waals surface area contributed by atoms with Gasteiger partial charge in [-0.05, 0) is 55.0 Å². The summed E-state index contributed by atoms with van der Waals surface area (Å²) in [5, 5.41) is 3.11. The van der Waals surface area contributed by atoms with E-state index in [1.165, 1.54) is 0 Å². The number of nitrogens with one attached hydrogen (secondary N) is 3. The van der Waals surface area contributed by atoms with Crippen LogP contribution in [0.4, 0.5) is 0 Å². The highest BCUT2D eigenvalue weighted by Crippen LogP contribution is 2.39. The van der Waals surface area contributed by atoms with Crippen molar-refractivity contribution in [1.82, 2.24) is 19.7 Å². The van der Waals surface area contributed by atoms with E-state index in [1.54, 1.807) is 37.7 Å². The van der Waals surface area contributed by atoms with Crippen molar-refractivity contribution in [1.29, 1.82) is 0 Å². The van der Waals surface area contributed by atoms with Crippen LogP contribution < -0.4 is 19.5 Å². The fourth-order valence-electron chi connectivity index (χ4n) is 4.77. The Hall–Kier alpha value is -3.27. The van der Waals surface area contributed by atoms with Gasteiger partial charge < -0.3 is 10.1 Å². The maximum atomic E-state index is 13.0. The lowest BCUT2D eigenvalue weighted by Crippen LogP contribution is -2.49. The predicted molar refractivity (Wildman–Crippen MR) is 139 cm³/mol. The molecule has 0 spiro atoms. The minimum absolute atomic E-state index is 0.179. The van der Waals surface area contributed by atoms with Gasteiger partial charge in [-0.15, -0.1) is 0 Å². The van der Waals surface area contributed by atoms with Gasteiger partial charge in [0, 0.05) is 36.9 Å². The van der Waals surface area contributed by atoms with E-state index >= 15 is 0 Å². The average molecular weight is 509 g/mol. The van der Waals surface area contributed by atoms with Crippen molar-refractivity contribution in [3.05, 3.63) is 95.8 Å². The molecule has 1 fully saturated rings. The van der Waals surface area contributed by atoms with E-state index in [2.05, 4.69) is 31.9 Å². The number of nitrogens with zero attached hydrogens (tertiary/aromatic N) is 1. The van der Waals surface area contributed by atoms with Crippen LogP contribution in [-0.2, 0) is 22.2 Å². The molecule has 1 aromatic heterocycles. The van der Waals surface area contributed by atoms with Crippen molar-refractivity contribution >= 4 is 16.1 Å².